The fourth-order valence-electron chi connectivity index (χ4n) is 2.43. The van der Waals surface area contributed by atoms with E-state index in [0.717, 1.165) is 0 Å². The van der Waals surface area contributed by atoms with Gasteiger partial charge < -0.3 is 9.15 Å². The van der Waals surface area contributed by atoms with Crippen molar-refractivity contribution in [3.05, 3.63) is 60.1 Å². The molecule has 1 aromatic heterocycles. The fraction of sp³-hybridized carbons (Fsp3) is 0.167. The molecule has 0 spiro atoms. The van der Waals surface area contributed by atoms with Crippen molar-refractivity contribution in [2.45, 2.75) is 18.7 Å². The third-order valence-corrected chi connectivity index (χ3v) is 5.23. The van der Waals surface area contributed by atoms with Crippen molar-refractivity contribution >= 4 is 15.7 Å². The van der Waals surface area contributed by atoms with Crippen LogP contribution in [0.1, 0.15) is 11.5 Å². The van der Waals surface area contributed by atoms with E-state index < -0.39 is 10.0 Å². The van der Waals surface area contributed by atoms with Gasteiger partial charge in [-0.05, 0) is 30.7 Å². The molecule has 0 atom stereocenters. The van der Waals surface area contributed by atoms with Gasteiger partial charge in [-0.25, -0.2) is 13.4 Å². The van der Waals surface area contributed by atoms with Gasteiger partial charge in [0.05, 0.1) is 23.9 Å². The van der Waals surface area contributed by atoms with Gasteiger partial charge in [0, 0.05) is 18.6 Å². The van der Waals surface area contributed by atoms with E-state index in [1.165, 1.54) is 7.11 Å². The summed E-state index contributed by atoms with van der Waals surface area (Å²) in [5, 5.41) is 0. The Morgan fingerprint density at radius 2 is 1.92 bits per heavy atom. The lowest BCUT2D eigenvalue weighted by molar-refractivity contribution is 0.415. The standard InChI is InChI=1S/C18H18N2O4S/c1-12-7-8-14(17-11-19-13(2)24-17)9-18(12)25(21,22)20-15-5-4-6-16(10-15)23-3/h4-11,20H,1-3H3. The maximum atomic E-state index is 12.8. The topological polar surface area (TPSA) is 81.4 Å². The van der Waals surface area contributed by atoms with Crippen molar-refractivity contribution in [2.24, 2.45) is 0 Å². The number of anilines is 1. The first kappa shape index (κ1) is 17.0. The minimum absolute atomic E-state index is 0.182. The Kier molecular flexibility index (Phi) is 4.50. The van der Waals surface area contributed by atoms with Gasteiger partial charge in [-0.15, -0.1) is 0 Å². The zero-order valence-corrected chi connectivity index (χ0v) is 14.9. The number of benzene rings is 2. The molecule has 0 aliphatic carbocycles. The summed E-state index contributed by atoms with van der Waals surface area (Å²) in [6, 6.07) is 11.9. The second-order valence-electron chi connectivity index (χ2n) is 5.56. The van der Waals surface area contributed by atoms with Crippen LogP contribution in [0.3, 0.4) is 0 Å². The molecule has 0 fully saturated rings. The Morgan fingerprint density at radius 1 is 1.12 bits per heavy atom. The van der Waals surface area contributed by atoms with Crippen LogP contribution in [-0.4, -0.2) is 20.5 Å². The zero-order chi connectivity index (χ0) is 18.0. The summed E-state index contributed by atoms with van der Waals surface area (Å²) in [6.07, 6.45) is 1.58. The average molecular weight is 358 g/mol. The number of aromatic nitrogens is 1. The van der Waals surface area contributed by atoms with Gasteiger partial charge in [-0.2, -0.15) is 0 Å². The molecule has 3 rings (SSSR count). The Balaban J connectivity index is 1.98. The molecule has 1 N–H and O–H groups in total. The molecule has 25 heavy (non-hydrogen) atoms. The quantitative estimate of drug-likeness (QED) is 0.751. The predicted molar refractivity (Wildman–Crippen MR) is 95.2 cm³/mol. The lowest BCUT2D eigenvalue weighted by atomic mass is 10.1. The van der Waals surface area contributed by atoms with Crippen molar-refractivity contribution in [3.8, 4) is 17.1 Å². The van der Waals surface area contributed by atoms with Gasteiger partial charge in [0.15, 0.2) is 11.7 Å². The zero-order valence-electron chi connectivity index (χ0n) is 14.1. The van der Waals surface area contributed by atoms with E-state index in [-0.39, 0.29) is 4.90 Å². The first-order chi connectivity index (χ1) is 11.9. The molecule has 0 radical (unpaired) electrons. The van der Waals surface area contributed by atoms with E-state index in [9.17, 15) is 8.42 Å². The summed E-state index contributed by atoms with van der Waals surface area (Å²) in [5.41, 5.74) is 1.72. The monoisotopic (exact) mass is 358 g/mol. The number of nitrogens with one attached hydrogen (secondary N) is 1. The summed E-state index contributed by atoms with van der Waals surface area (Å²) in [6.45, 7) is 3.48. The molecule has 7 heteroatoms. The molecule has 6 nitrogen and oxygen atoms in total. The van der Waals surface area contributed by atoms with Gasteiger partial charge in [0.1, 0.15) is 5.75 Å². The molecule has 3 aromatic rings. The highest BCUT2D eigenvalue weighted by Gasteiger charge is 2.19. The largest absolute Gasteiger partial charge is 0.497 e. The van der Waals surface area contributed by atoms with Gasteiger partial charge >= 0.3 is 0 Å². The molecule has 0 unspecified atom stereocenters. The molecular weight excluding hydrogens is 340 g/mol. The van der Waals surface area contributed by atoms with Crippen molar-refractivity contribution in [3.63, 3.8) is 0 Å². The second kappa shape index (κ2) is 6.60. The highest BCUT2D eigenvalue weighted by Crippen LogP contribution is 2.27. The number of ether oxygens (including phenoxy) is 1. The van der Waals surface area contributed by atoms with E-state index in [4.69, 9.17) is 9.15 Å². The van der Waals surface area contributed by atoms with Gasteiger partial charge in [0.2, 0.25) is 0 Å². The highest BCUT2D eigenvalue weighted by molar-refractivity contribution is 7.92. The van der Waals surface area contributed by atoms with E-state index in [0.29, 0.717) is 34.2 Å². The summed E-state index contributed by atoms with van der Waals surface area (Å²) in [5.74, 6) is 1.62. The first-order valence-electron chi connectivity index (χ1n) is 7.59. The molecule has 0 bridgehead atoms. The van der Waals surface area contributed by atoms with Crippen LogP contribution < -0.4 is 9.46 Å². The molecule has 1 heterocycles. The second-order valence-corrected chi connectivity index (χ2v) is 7.21. The van der Waals surface area contributed by atoms with Crippen molar-refractivity contribution in [2.75, 3.05) is 11.8 Å². The minimum Gasteiger partial charge on any atom is -0.497 e. The van der Waals surface area contributed by atoms with Crippen LogP contribution in [0.25, 0.3) is 11.3 Å². The summed E-state index contributed by atoms with van der Waals surface area (Å²) in [4.78, 5) is 4.23. The molecule has 0 amide bonds. The van der Waals surface area contributed by atoms with Gasteiger partial charge in [0.25, 0.3) is 10.0 Å². The summed E-state index contributed by atoms with van der Waals surface area (Å²) in [7, 11) is -2.23. The summed E-state index contributed by atoms with van der Waals surface area (Å²) >= 11 is 0. The average Bonchev–Trinajstić information content (AvgIpc) is 3.01. The number of nitrogens with zero attached hydrogens (tertiary/aromatic N) is 1. The smallest absolute Gasteiger partial charge is 0.262 e. The molecule has 0 aliphatic rings. The molecule has 0 aliphatic heterocycles. The van der Waals surface area contributed by atoms with Crippen LogP contribution in [0, 0.1) is 13.8 Å². The van der Waals surface area contributed by atoms with E-state index in [2.05, 4.69) is 9.71 Å². The van der Waals surface area contributed by atoms with Crippen molar-refractivity contribution < 1.29 is 17.6 Å². The van der Waals surface area contributed by atoms with E-state index in [1.54, 1.807) is 62.5 Å². The number of methoxy groups -OCH3 is 1. The van der Waals surface area contributed by atoms with Crippen LogP contribution in [0.2, 0.25) is 0 Å². The highest BCUT2D eigenvalue weighted by atomic mass is 32.2. The number of hydrogen-bond acceptors (Lipinski definition) is 5. The Hall–Kier alpha value is -2.80. The van der Waals surface area contributed by atoms with Gasteiger partial charge in [-0.1, -0.05) is 18.2 Å². The van der Waals surface area contributed by atoms with Crippen molar-refractivity contribution in [1.29, 1.82) is 0 Å². The third kappa shape index (κ3) is 3.66. The Labute approximate surface area is 146 Å². The molecular formula is C18H18N2O4S. The number of aryl methyl sites for hydroxylation is 2. The summed E-state index contributed by atoms with van der Waals surface area (Å²) < 4.78 is 38.8. The van der Waals surface area contributed by atoms with Crippen LogP contribution in [0.15, 0.2) is 58.0 Å². The van der Waals surface area contributed by atoms with E-state index >= 15 is 0 Å². The molecule has 130 valence electrons. The Bertz CT molecular complexity index is 1010. The fourth-order valence-corrected chi connectivity index (χ4v) is 3.76. The normalized spacial score (nSPS) is 11.3. The first-order valence-corrected chi connectivity index (χ1v) is 9.08. The van der Waals surface area contributed by atoms with Gasteiger partial charge in [-0.3, -0.25) is 4.72 Å². The van der Waals surface area contributed by atoms with Crippen molar-refractivity contribution in [1.82, 2.24) is 4.98 Å². The number of oxazole rings is 1. The predicted octanol–water partition coefficient (Wildman–Crippen LogP) is 3.77. The molecule has 0 saturated carbocycles. The minimum atomic E-state index is -3.76. The third-order valence-electron chi connectivity index (χ3n) is 3.71. The maximum Gasteiger partial charge on any atom is 0.262 e. The molecule has 2 aromatic carbocycles. The number of sulfonamides is 1. The van der Waals surface area contributed by atoms with Crippen LogP contribution in [-0.2, 0) is 10.0 Å². The molecule has 0 saturated heterocycles. The number of hydrogen-bond donors (Lipinski definition) is 1. The van der Waals surface area contributed by atoms with Crippen LogP contribution >= 0.6 is 0 Å². The maximum absolute atomic E-state index is 12.8. The lowest BCUT2D eigenvalue weighted by Crippen LogP contribution is -2.14. The number of rotatable bonds is 5. The van der Waals surface area contributed by atoms with Crippen LogP contribution in [0.5, 0.6) is 5.75 Å². The lowest BCUT2D eigenvalue weighted by Gasteiger charge is -2.12. The van der Waals surface area contributed by atoms with E-state index in [1.807, 2.05) is 0 Å². The SMILES string of the molecule is COc1cccc(NS(=O)(=O)c2cc(-c3cnc(C)o3)ccc2C)c1. The van der Waals surface area contributed by atoms with Crippen LogP contribution in [0.4, 0.5) is 5.69 Å². The Morgan fingerprint density at radius 3 is 2.60 bits per heavy atom.